The van der Waals surface area contributed by atoms with E-state index < -0.39 is 5.91 Å². The number of nitrogens with zero attached hydrogens (tertiary/aromatic N) is 2. The summed E-state index contributed by atoms with van der Waals surface area (Å²) in [6, 6.07) is 0. The molecule has 0 spiro atoms. The van der Waals surface area contributed by atoms with Crippen molar-refractivity contribution in [2.24, 2.45) is 5.73 Å². The zero-order valence-electron chi connectivity index (χ0n) is 8.16. The number of aromatic nitrogens is 2. The van der Waals surface area contributed by atoms with Crippen LogP contribution in [0.1, 0.15) is 28.7 Å². The standard InChI is InChI=1S/C9H14N4O/c1-13-3-2-6(5-13)9-11-4-7(12-9)8(10)14/h4,6H,2-3,5H2,1H3,(H2,10,14)(H,11,12)/t6-/m1/s1. The van der Waals surface area contributed by atoms with E-state index in [2.05, 4.69) is 21.9 Å². The Hall–Kier alpha value is -1.36. The van der Waals surface area contributed by atoms with Gasteiger partial charge in [0, 0.05) is 12.5 Å². The smallest absolute Gasteiger partial charge is 0.266 e. The summed E-state index contributed by atoms with van der Waals surface area (Å²) in [5.74, 6) is 0.839. The molecule has 76 valence electrons. The third kappa shape index (κ3) is 1.63. The van der Waals surface area contributed by atoms with Crippen LogP contribution >= 0.6 is 0 Å². The predicted octanol–water partition coefficient (Wildman–Crippen LogP) is -0.0723. The van der Waals surface area contributed by atoms with E-state index in [0.29, 0.717) is 11.6 Å². The molecule has 3 N–H and O–H groups in total. The molecule has 0 aromatic carbocycles. The Kier molecular flexibility index (Phi) is 2.25. The zero-order valence-corrected chi connectivity index (χ0v) is 8.16. The van der Waals surface area contributed by atoms with Crippen molar-refractivity contribution in [2.75, 3.05) is 20.1 Å². The largest absolute Gasteiger partial charge is 0.364 e. The van der Waals surface area contributed by atoms with Crippen molar-refractivity contribution in [1.82, 2.24) is 14.9 Å². The SMILES string of the molecule is CN1CC[C@@H](c2ncc(C(N)=O)[nH]2)C1. The van der Waals surface area contributed by atoms with E-state index in [1.54, 1.807) is 0 Å². The molecule has 1 amide bonds. The highest BCUT2D eigenvalue weighted by atomic mass is 16.1. The molecule has 0 bridgehead atoms. The van der Waals surface area contributed by atoms with Crippen LogP contribution in [0.5, 0.6) is 0 Å². The molecule has 1 aliphatic heterocycles. The highest BCUT2D eigenvalue weighted by Crippen LogP contribution is 2.23. The van der Waals surface area contributed by atoms with Gasteiger partial charge in [-0.15, -0.1) is 0 Å². The number of H-pyrrole nitrogens is 1. The highest BCUT2D eigenvalue weighted by molar-refractivity contribution is 5.90. The lowest BCUT2D eigenvalue weighted by Gasteiger charge is -2.06. The van der Waals surface area contributed by atoms with Crippen molar-refractivity contribution in [3.63, 3.8) is 0 Å². The van der Waals surface area contributed by atoms with Gasteiger partial charge in [-0.3, -0.25) is 4.79 Å². The monoisotopic (exact) mass is 194 g/mol. The minimum absolute atomic E-state index is 0.398. The van der Waals surface area contributed by atoms with Gasteiger partial charge in [-0.05, 0) is 20.0 Å². The van der Waals surface area contributed by atoms with E-state index >= 15 is 0 Å². The number of carbonyl (C=O) groups excluding carboxylic acids is 1. The molecule has 1 fully saturated rings. The Morgan fingerprint density at radius 3 is 3.07 bits per heavy atom. The van der Waals surface area contributed by atoms with Crippen molar-refractivity contribution in [1.29, 1.82) is 0 Å². The fourth-order valence-electron chi connectivity index (χ4n) is 1.83. The summed E-state index contributed by atoms with van der Waals surface area (Å²) >= 11 is 0. The van der Waals surface area contributed by atoms with Crippen LogP contribution < -0.4 is 5.73 Å². The Morgan fingerprint density at radius 2 is 2.57 bits per heavy atom. The van der Waals surface area contributed by atoms with Crippen LogP contribution in [0.2, 0.25) is 0 Å². The summed E-state index contributed by atoms with van der Waals surface area (Å²) in [4.78, 5) is 20.2. The van der Waals surface area contributed by atoms with Gasteiger partial charge in [-0.2, -0.15) is 0 Å². The van der Waals surface area contributed by atoms with Gasteiger partial charge in [0.1, 0.15) is 11.5 Å². The van der Waals surface area contributed by atoms with Crippen LogP contribution in [0.15, 0.2) is 6.20 Å². The second-order valence-corrected chi connectivity index (χ2v) is 3.79. The molecule has 1 aromatic rings. The number of rotatable bonds is 2. The van der Waals surface area contributed by atoms with E-state index in [1.165, 1.54) is 6.20 Å². The molecule has 1 aliphatic rings. The van der Waals surface area contributed by atoms with Gasteiger partial charge >= 0.3 is 0 Å². The molecule has 5 nitrogen and oxygen atoms in total. The fourth-order valence-corrected chi connectivity index (χ4v) is 1.83. The maximum atomic E-state index is 10.8. The minimum Gasteiger partial charge on any atom is -0.364 e. The molecule has 0 radical (unpaired) electrons. The lowest BCUT2D eigenvalue weighted by molar-refractivity contribution is 0.0996. The van der Waals surface area contributed by atoms with E-state index in [1.807, 2.05) is 0 Å². The Balaban J connectivity index is 2.13. The molecule has 14 heavy (non-hydrogen) atoms. The van der Waals surface area contributed by atoms with Gasteiger partial charge in [0.05, 0.1) is 6.20 Å². The minimum atomic E-state index is -0.449. The van der Waals surface area contributed by atoms with Gasteiger partial charge in [0.15, 0.2) is 0 Å². The molecular weight excluding hydrogens is 180 g/mol. The molecular formula is C9H14N4O. The topological polar surface area (TPSA) is 75.0 Å². The molecule has 1 atom stereocenters. The van der Waals surface area contributed by atoms with Crippen molar-refractivity contribution < 1.29 is 4.79 Å². The number of amides is 1. The Labute approximate surface area is 82.3 Å². The van der Waals surface area contributed by atoms with Gasteiger partial charge in [-0.25, -0.2) is 4.98 Å². The maximum Gasteiger partial charge on any atom is 0.266 e. The number of nitrogens with two attached hydrogens (primary N) is 1. The van der Waals surface area contributed by atoms with Crippen LogP contribution in [0, 0.1) is 0 Å². The van der Waals surface area contributed by atoms with Crippen LogP contribution in [0.25, 0.3) is 0 Å². The van der Waals surface area contributed by atoms with Crippen molar-refractivity contribution in [2.45, 2.75) is 12.3 Å². The number of imidazole rings is 1. The molecule has 2 rings (SSSR count). The van der Waals surface area contributed by atoms with Gasteiger partial charge in [0.25, 0.3) is 5.91 Å². The Bertz CT molecular complexity index is 346. The average molecular weight is 194 g/mol. The fraction of sp³-hybridized carbons (Fsp3) is 0.556. The van der Waals surface area contributed by atoms with Crippen molar-refractivity contribution in [3.05, 3.63) is 17.7 Å². The summed E-state index contributed by atoms with van der Waals surface area (Å²) in [6.07, 6.45) is 2.60. The summed E-state index contributed by atoms with van der Waals surface area (Å²) in [7, 11) is 2.08. The summed E-state index contributed by atoms with van der Waals surface area (Å²) < 4.78 is 0. The number of likely N-dealkylation sites (tertiary alicyclic amines) is 1. The number of aromatic amines is 1. The summed E-state index contributed by atoms with van der Waals surface area (Å²) in [5.41, 5.74) is 5.53. The average Bonchev–Trinajstić information content (AvgIpc) is 2.70. The normalized spacial score (nSPS) is 22.8. The number of hydrogen-bond acceptors (Lipinski definition) is 3. The van der Waals surface area contributed by atoms with Crippen LogP contribution in [0.4, 0.5) is 0 Å². The highest BCUT2D eigenvalue weighted by Gasteiger charge is 2.23. The van der Waals surface area contributed by atoms with E-state index in [4.69, 9.17) is 5.73 Å². The molecule has 5 heteroatoms. The molecule has 2 heterocycles. The van der Waals surface area contributed by atoms with Crippen LogP contribution in [0.3, 0.4) is 0 Å². The Morgan fingerprint density at radius 1 is 1.79 bits per heavy atom. The summed E-state index contributed by atoms with van der Waals surface area (Å²) in [5, 5.41) is 0. The maximum absolute atomic E-state index is 10.8. The number of nitrogens with one attached hydrogen (secondary N) is 1. The second kappa shape index (κ2) is 3.42. The van der Waals surface area contributed by atoms with Crippen molar-refractivity contribution >= 4 is 5.91 Å². The van der Waals surface area contributed by atoms with E-state index in [0.717, 1.165) is 25.3 Å². The predicted molar refractivity (Wildman–Crippen MR) is 52.0 cm³/mol. The first-order valence-electron chi connectivity index (χ1n) is 4.70. The lowest BCUT2D eigenvalue weighted by Crippen LogP contribution is -2.14. The lowest BCUT2D eigenvalue weighted by atomic mass is 10.1. The molecule has 0 aliphatic carbocycles. The quantitative estimate of drug-likeness (QED) is 0.692. The van der Waals surface area contributed by atoms with Gasteiger partial charge in [-0.1, -0.05) is 0 Å². The zero-order chi connectivity index (χ0) is 10.1. The third-order valence-corrected chi connectivity index (χ3v) is 2.64. The second-order valence-electron chi connectivity index (χ2n) is 3.79. The number of primary amides is 1. The van der Waals surface area contributed by atoms with Crippen LogP contribution in [-0.4, -0.2) is 40.9 Å². The first-order chi connectivity index (χ1) is 6.66. The molecule has 1 saturated heterocycles. The van der Waals surface area contributed by atoms with E-state index in [9.17, 15) is 4.79 Å². The summed E-state index contributed by atoms with van der Waals surface area (Å²) in [6.45, 7) is 2.07. The molecule has 0 unspecified atom stereocenters. The molecule has 1 aromatic heterocycles. The van der Waals surface area contributed by atoms with Crippen molar-refractivity contribution in [3.8, 4) is 0 Å². The number of hydrogen-bond donors (Lipinski definition) is 2. The van der Waals surface area contributed by atoms with E-state index in [-0.39, 0.29) is 0 Å². The number of carbonyl (C=O) groups is 1. The third-order valence-electron chi connectivity index (χ3n) is 2.64. The van der Waals surface area contributed by atoms with Crippen LogP contribution in [-0.2, 0) is 0 Å². The van der Waals surface area contributed by atoms with Gasteiger partial charge < -0.3 is 15.6 Å². The first kappa shape index (κ1) is 9.21. The number of likely N-dealkylation sites (N-methyl/N-ethyl adjacent to an activating group) is 1. The molecule has 0 saturated carbocycles. The van der Waals surface area contributed by atoms with Gasteiger partial charge in [0.2, 0.25) is 0 Å². The first-order valence-corrected chi connectivity index (χ1v) is 4.70.